The molecule has 0 aliphatic heterocycles. The summed E-state index contributed by atoms with van der Waals surface area (Å²) in [5.74, 6) is 0.655. The van der Waals surface area contributed by atoms with Gasteiger partial charge in [0.15, 0.2) is 0 Å². The Bertz CT molecular complexity index is 659. The largest absolute Gasteiger partial charge is 0.491 e. The molecule has 5 heteroatoms. The Morgan fingerprint density at radius 1 is 1.04 bits per heavy atom. The molecule has 2 aromatic rings. The van der Waals surface area contributed by atoms with E-state index in [1.807, 2.05) is 62.4 Å². The Morgan fingerprint density at radius 3 is 2.62 bits per heavy atom. The number of amides is 1. The third-order valence-corrected chi connectivity index (χ3v) is 3.29. The number of aryl methyl sites for hydroxylation is 1. The zero-order valence-electron chi connectivity index (χ0n) is 14.2. The van der Waals surface area contributed by atoms with Crippen LogP contribution in [0.25, 0.3) is 0 Å². The number of carbonyl (C=O) groups excluding carboxylic acids is 1. The van der Waals surface area contributed by atoms with Gasteiger partial charge in [0, 0.05) is 24.0 Å². The van der Waals surface area contributed by atoms with Gasteiger partial charge in [-0.1, -0.05) is 18.2 Å². The van der Waals surface area contributed by atoms with Crippen LogP contribution in [0.4, 0.5) is 11.4 Å². The first-order chi connectivity index (χ1) is 11.7. The van der Waals surface area contributed by atoms with E-state index in [1.54, 1.807) is 0 Å². The van der Waals surface area contributed by atoms with Gasteiger partial charge in [-0.3, -0.25) is 4.79 Å². The van der Waals surface area contributed by atoms with Crippen LogP contribution in [0.15, 0.2) is 48.5 Å². The van der Waals surface area contributed by atoms with Gasteiger partial charge >= 0.3 is 0 Å². The molecule has 0 aliphatic rings. The number of carbonyl (C=O) groups is 1. The highest BCUT2D eigenvalue weighted by Gasteiger charge is 2.03. The first kappa shape index (κ1) is 17.8. The van der Waals surface area contributed by atoms with Crippen molar-refractivity contribution >= 4 is 17.3 Å². The molecule has 2 N–H and O–H groups in total. The van der Waals surface area contributed by atoms with E-state index in [2.05, 4.69) is 10.6 Å². The number of ether oxygens (including phenoxy) is 2. The van der Waals surface area contributed by atoms with Crippen LogP contribution < -0.4 is 15.4 Å². The number of anilines is 2. The van der Waals surface area contributed by atoms with Crippen LogP contribution in [0.2, 0.25) is 0 Å². The van der Waals surface area contributed by atoms with Crippen LogP contribution >= 0.6 is 0 Å². The lowest BCUT2D eigenvalue weighted by atomic mass is 10.2. The van der Waals surface area contributed by atoms with E-state index < -0.39 is 0 Å². The lowest BCUT2D eigenvalue weighted by Crippen LogP contribution is -2.21. The highest BCUT2D eigenvalue weighted by Crippen LogP contribution is 2.17. The van der Waals surface area contributed by atoms with E-state index in [1.165, 1.54) is 0 Å². The third-order valence-electron chi connectivity index (χ3n) is 3.29. The molecule has 0 aromatic heterocycles. The van der Waals surface area contributed by atoms with Gasteiger partial charge in [-0.15, -0.1) is 0 Å². The van der Waals surface area contributed by atoms with Crippen molar-refractivity contribution in [2.45, 2.75) is 13.8 Å². The number of hydrogen-bond acceptors (Lipinski definition) is 4. The minimum atomic E-state index is -0.0942. The summed E-state index contributed by atoms with van der Waals surface area (Å²) >= 11 is 0. The fourth-order valence-electron chi connectivity index (χ4n) is 2.17. The lowest BCUT2D eigenvalue weighted by Gasteiger charge is -2.10. The Morgan fingerprint density at radius 2 is 1.83 bits per heavy atom. The van der Waals surface area contributed by atoms with Crippen molar-refractivity contribution in [1.82, 2.24) is 0 Å². The van der Waals surface area contributed by atoms with Gasteiger partial charge < -0.3 is 20.1 Å². The molecule has 0 bridgehead atoms. The molecule has 5 nitrogen and oxygen atoms in total. The van der Waals surface area contributed by atoms with Gasteiger partial charge in [0.2, 0.25) is 5.91 Å². The first-order valence-electron chi connectivity index (χ1n) is 8.08. The standard InChI is InChI=1S/C19H24N2O3/c1-3-23-10-11-24-18-9-5-7-16(13-18)20-14-19(22)21-17-8-4-6-15(2)12-17/h4-9,12-13,20H,3,10-11,14H2,1-2H3,(H,21,22). The minimum Gasteiger partial charge on any atom is -0.491 e. The van der Waals surface area contributed by atoms with Crippen LogP contribution in [0, 0.1) is 6.92 Å². The highest BCUT2D eigenvalue weighted by molar-refractivity contribution is 5.93. The molecule has 0 spiro atoms. The molecule has 0 fully saturated rings. The van der Waals surface area contributed by atoms with E-state index >= 15 is 0 Å². The van der Waals surface area contributed by atoms with E-state index in [0.29, 0.717) is 19.8 Å². The van der Waals surface area contributed by atoms with Crippen molar-refractivity contribution in [2.24, 2.45) is 0 Å². The fraction of sp³-hybridized carbons (Fsp3) is 0.316. The first-order valence-corrected chi connectivity index (χ1v) is 8.08. The van der Waals surface area contributed by atoms with E-state index in [4.69, 9.17) is 9.47 Å². The van der Waals surface area contributed by atoms with Crippen molar-refractivity contribution in [3.05, 3.63) is 54.1 Å². The molecule has 0 unspecified atom stereocenters. The Kier molecular flexibility index (Phi) is 7.11. The molecule has 24 heavy (non-hydrogen) atoms. The van der Waals surface area contributed by atoms with Gasteiger partial charge in [0.25, 0.3) is 0 Å². The summed E-state index contributed by atoms with van der Waals surface area (Å²) in [6, 6.07) is 15.2. The number of rotatable bonds is 9. The summed E-state index contributed by atoms with van der Waals surface area (Å²) in [6.45, 7) is 5.88. The average molecular weight is 328 g/mol. The second kappa shape index (κ2) is 9.57. The predicted molar refractivity (Wildman–Crippen MR) is 96.7 cm³/mol. The molecular weight excluding hydrogens is 304 g/mol. The average Bonchev–Trinajstić information content (AvgIpc) is 2.57. The molecule has 1 amide bonds. The molecule has 128 valence electrons. The molecule has 0 heterocycles. The van der Waals surface area contributed by atoms with Gasteiger partial charge in [-0.25, -0.2) is 0 Å². The summed E-state index contributed by atoms with van der Waals surface area (Å²) in [4.78, 5) is 12.0. The number of benzene rings is 2. The van der Waals surface area contributed by atoms with Crippen molar-refractivity contribution in [1.29, 1.82) is 0 Å². The van der Waals surface area contributed by atoms with Crippen LogP contribution in [-0.4, -0.2) is 32.3 Å². The zero-order valence-corrected chi connectivity index (χ0v) is 14.2. The van der Waals surface area contributed by atoms with E-state index in [-0.39, 0.29) is 12.5 Å². The maximum absolute atomic E-state index is 12.0. The maximum atomic E-state index is 12.0. The van der Waals surface area contributed by atoms with Crippen LogP contribution in [0.5, 0.6) is 5.75 Å². The molecule has 2 aromatic carbocycles. The topological polar surface area (TPSA) is 59.6 Å². The second-order valence-corrected chi connectivity index (χ2v) is 5.34. The van der Waals surface area contributed by atoms with Gasteiger partial charge in [-0.05, 0) is 43.7 Å². The van der Waals surface area contributed by atoms with Crippen molar-refractivity contribution in [3.63, 3.8) is 0 Å². The Labute approximate surface area is 143 Å². The predicted octanol–water partition coefficient (Wildman–Crippen LogP) is 3.46. The Balaban J connectivity index is 1.79. The number of nitrogens with one attached hydrogen (secondary N) is 2. The molecule has 2 rings (SSSR count). The summed E-state index contributed by atoms with van der Waals surface area (Å²) in [5, 5.41) is 5.96. The summed E-state index contributed by atoms with van der Waals surface area (Å²) in [6.07, 6.45) is 0. The van der Waals surface area contributed by atoms with Gasteiger partial charge in [0.05, 0.1) is 13.2 Å². The minimum absolute atomic E-state index is 0.0942. The van der Waals surface area contributed by atoms with Crippen LogP contribution in [0.3, 0.4) is 0 Å². The van der Waals surface area contributed by atoms with Crippen LogP contribution in [-0.2, 0) is 9.53 Å². The van der Waals surface area contributed by atoms with Gasteiger partial charge in [0.1, 0.15) is 12.4 Å². The van der Waals surface area contributed by atoms with Crippen molar-refractivity contribution in [3.8, 4) is 5.75 Å². The highest BCUT2D eigenvalue weighted by atomic mass is 16.5. The summed E-state index contributed by atoms with van der Waals surface area (Å²) in [5.41, 5.74) is 2.75. The Hall–Kier alpha value is -2.53. The maximum Gasteiger partial charge on any atom is 0.243 e. The molecule has 0 aliphatic carbocycles. The third kappa shape index (κ3) is 6.30. The molecular formula is C19H24N2O3. The second-order valence-electron chi connectivity index (χ2n) is 5.34. The lowest BCUT2D eigenvalue weighted by molar-refractivity contribution is -0.114. The SMILES string of the molecule is CCOCCOc1cccc(NCC(=O)Nc2cccc(C)c2)c1. The normalized spacial score (nSPS) is 10.2. The summed E-state index contributed by atoms with van der Waals surface area (Å²) in [7, 11) is 0. The molecule has 0 saturated heterocycles. The van der Waals surface area contributed by atoms with Gasteiger partial charge in [-0.2, -0.15) is 0 Å². The van der Waals surface area contributed by atoms with Crippen molar-refractivity contribution in [2.75, 3.05) is 37.0 Å². The zero-order chi connectivity index (χ0) is 17.2. The van der Waals surface area contributed by atoms with Crippen LogP contribution in [0.1, 0.15) is 12.5 Å². The van der Waals surface area contributed by atoms with E-state index in [0.717, 1.165) is 22.7 Å². The van der Waals surface area contributed by atoms with E-state index in [9.17, 15) is 4.79 Å². The number of hydrogen-bond donors (Lipinski definition) is 2. The fourth-order valence-corrected chi connectivity index (χ4v) is 2.17. The quantitative estimate of drug-likeness (QED) is 0.692. The van der Waals surface area contributed by atoms with Crippen molar-refractivity contribution < 1.29 is 14.3 Å². The molecule has 0 radical (unpaired) electrons. The summed E-state index contributed by atoms with van der Waals surface area (Å²) < 4.78 is 10.8. The molecule has 0 saturated carbocycles. The molecule has 0 atom stereocenters. The smallest absolute Gasteiger partial charge is 0.243 e. The monoisotopic (exact) mass is 328 g/mol.